The van der Waals surface area contributed by atoms with Crippen molar-refractivity contribution >= 4 is 27.2 Å². The minimum Gasteiger partial charge on any atom is -0.488 e. The Morgan fingerprint density at radius 3 is 2.95 bits per heavy atom. The Balaban J connectivity index is 1.94. The number of anilines is 1. The summed E-state index contributed by atoms with van der Waals surface area (Å²) < 4.78 is 7.05. The van der Waals surface area contributed by atoms with Crippen LogP contribution >= 0.6 is 11.3 Å². The van der Waals surface area contributed by atoms with Crippen molar-refractivity contribution in [1.82, 2.24) is 4.98 Å². The fourth-order valence-corrected chi connectivity index (χ4v) is 2.86. The van der Waals surface area contributed by atoms with Gasteiger partial charge in [-0.15, -0.1) is 11.3 Å². The second kappa shape index (κ2) is 6.75. The third-order valence-electron chi connectivity index (χ3n) is 3.29. The average molecular weight is 278 g/mol. The van der Waals surface area contributed by atoms with Gasteiger partial charge < -0.3 is 10.5 Å². The summed E-state index contributed by atoms with van der Waals surface area (Å²) in [6.07, 6.45) is 6.35. The molecular weight excluding hydrogens is 256 g/mol. The van der Waals surface area contributed by atoms with Crippen LogP contribution in [0.5, 0.6) is 5.75 Å². The third-order valence-corrected chi connectivity index (χ3v) is 4.09. The fourth-order valence-electron chi connectivity index (χ4n) is 2.17. The number of benzene rings is 1. The molecule has 1 atom stereocenters. The van der Waals surface area contributed by atoms with Crippen molar-refractivity contribution in [3.05, 3.63) is 17.6 Å². The smallest absolute Gasteiger partial charge is 0.144 e. The van der Waals surface area contributed by atoms with Gasteiger partial charge in [-0.3, -0.25) is 0 Å². The van der Waals surface area contributed by atoms with Crippen LogP contribution in [0.25, 0.3) is 10.2 Å². The zero-order chi connectivity index (χ0) is 13.7. The molecule has 0 radical (unpaired) electrons. The van der Waals surface area contributed by atoms with Crippen molar-refractivity contribution in [1.29, 1.82) is 0 Å². The maximum Gasteiger partial charge on any atom is 0.144 e. The molecule has 0 spiro atoms. The summed E-state index contributed by atoms with van der Waals surface area (Å²) in [6.45, 7) is 4.33. The van der Waals surface area contributed by atoms with Gasteiger partial charge in [0.15, 0.2) is 0 Å². The first-order chi connectivity index (χ1) is 9.22. The highest BCUT2D eigenvalue weighted by Crippen LogP contribution is 2.32. The van der Waals surface area contributed by atoms with Gasteiger partial charge in [-0.2, -0.15) is 0 Å². The molecule has 1 aromatic carbocycles. The summed E-state index contributed by atoms with van der Waals surface area (Å²) in [5.41, 5.74) is 9.45. The number of hydrogen-bond donors (Lipinski definition) is 1. The van der Waals surface area contributed by atoms with E-state index in [4.69, 9.17) is 10.5 Å². The topological polar surface area (TPSA) is 48.1 Å². The summed E-state index contributed by atoms with van der Waals surface area (Å²) in [5.74, 6) is 0.765. The predicted octanol–water partition coefficient (Wildman–Crippen LogP) is 4.62. The molecule has 0 saturated heterocycles. The van der Waals surface area contributed by atoms with E-state index in [-0.39, 0.29) is 6.10 Å². The number of rotatable bonds is 7. The minimum absolute atomic E-state index is 0.204. The Morgan fingerprint density at radius 1 is 1.32 bits per heavy atom. The molecule has 0 aliphatic heterocycles. The van der Waals surface area contributed by atoms with Gasteiger partial charge in [0.25, 0.3) is 0 Å². The van der Waals surface area contributed by atoms with Crippen LogP contribution in [0, 0.1) is 0 Å². The van der Waals surface area contributed by atoms with Crippen LogP contribution in [-0.4, -0.2) is 11.1 Å². The van der Waals surface area contributed by atoms with Gasteiger partial charge >= 0.3 is 0 Å². The number of nitrogens with two attached hydrogens (primary N) is 1. The molecular formula is C15H22N2OS. The molecule has 1 unspecified atom stereocenters. The molecule has 2 N–H and O–H groups in total. The molecule has 2 rings (SSSR count). The lowest BCUT2D eigenvalue weighted by Crippen LogP contribution is -2.12. The van der Waals surface area contributed by atoms with Crippen molar-refractivity contribution in [3.63, 3.8) is 0 Å². The maximum absolute atomic E-state index is 6.11. The van der Waals surface area contributed by atoms with E-state index in [2.05, 4.69) is 18.8 Å². The van der Waals surface area contributed by atoms with Crippen LogP contribution in [0.4, 0.5) is 5.69 Å². The van der Waals surface area contributed by atoms with E-state index in [0.717, 1.165) is 22.4 Å². The standard InChI is InChI=1S/C15H22N2OS/c1-3-4-5-6-7-11(2)18-12-8-9-13-15(14(12)16)17-10-19-13/h8-11H,3-7,16H2,1-2H3. The van der Waals surface area contributed by atoms with Crippen LogP contribution in [0.3, 0.4) is 0 Å². The number of nitrogens with zero attached hydrogens (tertiary/aromatic N) is 1. The van der Waals surface area contributed by atoms with Crippen molar-refractivity contribution in [2.24, 2.45) is 0 Å². The first-order valence-corrected chi connectivity index (χ1v) is 7.88. The van der Waals surface area contributed by atoms with Gasteiger partial charge in [0.1, 0.15) is 17.0 Å². The van der Waals surface area contributed by atoms with Gasteiger partial charge in [-0.1, -0.05) is 26.2 Å². The van der Waals surface area contributed by atoms with E-state index in [1.165, 1.54) is 25.7 Å². The van der Waals surface area contributed by atoms with Crippen LogP contribution in [0.15, 0.2) is 17.6 Å². The SMILES string of the molecule is CCCCCCC(C)Oc1ccc2scnc2c1N. The van der Waals surface area contributed by atoms with E-state index in [1.54, 1.807) is 11.3 Å². The molecule has 4 heteroatoms. The average Bonchev–Trinajstić information content (AvgIpc) is 2.87. The summed E-state index contributed by atoms with van der Waals surface area (Å²) >= 11 is 1.60. The maximum atomic E-state index is 6.11. The Morgan fingerprint density at radius 2 is 2.16 bits per heavy atom. The molecule has 3 nitrogen and oxygen atoms in total. The molecule has 1 aromatic heterocycles. The summed E-state index contributed by atoms with van der Waals surface area (Å²) in [6, 6.07) is 3.99. The number of nitrogen functional groups attached to an aromatic ring is 1. The zero-order valence-corrected chi connectivity index (χ0v) is 12.5. The molecule has 1 heterocycles. The van der Waals surface area contributed by atoms with Crippen molar-refractivity contribution in [2.75, 3.05) is 5.73 Å². The lowest BCUT2D eigenvalue weighted by Gasteiger charge is -2.16. The lowest BCUT2D eigenvalue weighted by molar-refractivity contribution is 0.208. The van der Waals surface area contributed by atoms with Crippen LogP contribution in [0.2, 0.25) is 0 Å². The Bertz CT molecular complexity index is 524. The number of hydrogen-bond acceptors (Lipinski definition) is 4. The monoisotopic (exact) mass is 278 g/mol. The van der Waals surface area contributed by atoms with E-state index < -0.39 is 0 Å². The molecule has 2 aromatic rings. The van der Waals surface area contributed by atoms with Gasteiger partial charge in [-0.25, -0.2) is 4.98 Å². The van der Waals surface area contributed by atoms with Crippen LogP contribution < -0.4 is 10.5 Å². The summed E-state index contributed by atoms with van der Waals surface area (Å²) in [7, 11) is 0. The van der Waals surface area contributed by atoms with E-state index in [1.807, 2.05) is 17.6 Å². The number of fused-ring (bicyclic) bond motifs is 1. The number of unbranched alkanes of at least 4 members (excludes halogenated alkanes) is 3. The van der Waals surface area contributed by atoms with E-state index >= 15 is 0 Å². The van der Waals surface area contributed by atoms with Gasteiger partial charge in [0.05, 0.1) is 16.3 Å². The predicted molar refractivity (Wildman–Crippen MR) is 82.9 cm³/mol. The van der Waals surface area contributed by atoms with Gasteiger partial charge in [-0.05, 0) is 31.9 Å². The van der Waals surface area contributed by atoms with Crippen molar-refractivity contribution in [2.45, 2.75) is 52.1 Å². The second-order valence-corrected chi connectivity index (χ2v) is 5.84. The van der Waals surface area contributed by atoms with Crippen LogP contribution in [0.1, 0.15) is 46.0 Å². The van der Waals surface area contributed by atoms with Crippen molar-refractivity contribution < 1.29 is 4.74 Å². The first-order valence-electron chi connectivity index (χ1n) is 7.00. The highest BCUT2D eigenvalue weighted by atomic mass is 32.1. The number of ether oxygens (including phenoxy) is 1. The van der Waals surface area contributed by atoms with E-state index in [0.29, 0.717) is 5.69 Å². The molecule has 0 aliphatic rings. The largest absolute Gasteiger partial charge is 0.488 e. The minimum atomic E-state index is 0.204. The lowest BCUT2D eigenvalue weighted by atomic mass is 10.1. The zero-order valence-electron chi connectivity index (χ0n) is 11.7. The molecule has 0 fully saturated rings. The second-order valence-electron chi connectivity index (χ2n) is 4.95. The normalized spacial score (nSPS) is 12.7. The molecule has 0 bridgehead atoms. The van der Waals surface area contributed by atoms with E-state index in [9.17, 15) is 0 Å². The van der Waals surface area contributed by atoms with Gasteiger partial charge in [0.2, 0.25) is 0 Å². The fraction of sp³-hybridized carbons (Fsp3) is 0.533. The highest BCUT2D eigenvalue weighted by Gasteiger charge is 2.11. The summed E-state index contributed by atoms with van der Waals surface area (Å²) in [4.78, 5) is 4.29. The molecule has 0 saturated carbocycles. The Hall–Kier alpha value is -1.29. The van der Waals surface area contributed by atoms with Gasteiger partial charge in [0, 0.05) is 0 Å². The molecule has 0 amide bonds. The quantitative estimate of drug-likeness (QED) is 0.594. The molecule has 0 aliphatic carbocycles. The Kier molecular flexibility index (Phi) is 5.02. The molecule has 19 heavy (non-hydrogen) atoms. The van der Waals surface area contributed by atoms with Crippen LogP contribution in [-0.2, 0) is 0 Å². The highest BCUT2D eigenvalue weighted by molar-refractivity contribution is 7.16. The third kappa shape index (κ3) is 3.60. The summed E-state index contributed by atoms with van der Waals surface area (Å²) in [5, 5.41) is 0. The number of aromatic nitrogens is 1. The Labute approximate surface area is 118 Å². The molecule has 104 valence electrons. The van der Waals surface area contributed by atoms with Crippen molar-refractivity contribution in [3.8, 4) is 5.75 Å². The first kappa shape index (κ1) is 14.1. The number of thiazole rings is 1.